The lowest BCUT2D eigenvalue weighted by Gasteiger charge is -2.08. The van der Waals surface area contributed by atoms with Gasteiger partial charge in [0.25, 0.3) is 35.4 Å². The summed E-state index contributed by atoms with van der Waals surface area (Å²) in [5, 5.41) is 16.6. The Bertz CT molecular complexity index is 2190. The first-order valence-electron chi connectivity index (χ1n) is 27.4. The van der Waals surface area contributed by atoms with Gasteiger partial charge in [0, 0.05) is 65.5 Å². The molecule has 3 aromatic rings. The summed E-state index contributed by atoms with van der Waals surface area (Å²) < 4.78 is 5.43. The van der Waals surface area contributed by atoms with Gasteiger partial charge in [0.1, 0.15) is 17.1 Å². The molecule has 0 bridgehead atoms. The number of guanidine groups is 3. The number of nitrogens with two attached hydrogens (primary N) is 6. The second-order valence-corrected chi connectivity index (χ2v) is 19.2. The van der Waals surface area contributed by atoms with E-state index in [-0.39, 0.29) is 94.0 Å². The van der Waals surface area contributed by atoms with E-state index in [0.29, 0.717) is 77.3 Å². The highest BCUT2D eigenvalue weighted by atomic mass is 16.5. The highest BCUT2D eigenvalue weighted by Gasteiger charge is 2.17. The van der Waals surface area contributed by atoms with E-state index in [0.717, 1.165) is 77.0 Å². The second-order valence-electron chi connectivity index (χ2n) is 19.2. The quantitative estimate of drug-likeness (QED) is 0.0222. The topological polar surface area (TPSA) is 463 Å². The van der Waals surface area contributed by atoms with E-state index in [1.807, 2.05) is 13.8 Å². The van der Waals surface area contributed by atoms with Gasteiger partial charge in [0.15, 0.2) is 35.4 Å². The van der Waals surface area contributed by atoms with Crippen molar-refractivity contribution < 1.29 is 33.5 Å². The number of carbonyl (C=O) groups excluding carboxylic acids is 6. The van der Waals surface area contributed by atoms with E-state index >= 15 is 0 Å². The van der Waals surface area contributed by atoms with Crippen molar-refractivity contribution in [1.29, 1.82) is 0 Å². The molecular formula is C51H93N21O7. The molecule has 0 fully saturated rings. The van der Waals surface area contributed by atoms with E-state index in [1.54, 1.807) is 0 Å². The number of nitrogens with zero attached hydrogens (tertiary/aromatic N) is 6. The van der Waals surface area contributed by atoms with Crippen molar-refractivity contribution in [2.24, 2.45) is 61.2 Å². The van der Waals surface area contributed by atoms with E-state index in [4.69, 9.17) is 39.1 Å². The van der Waals surface area contributed by atoms with Crippen LogP contribution in [0.25, 0.3) is 0 Å². The maximum Gasteiger partial charge on any atom is 0.287 e. The molecule has 0 radical (unpaired) electrons. The summed E-state index contributed by atoms with van der Waals surface area (Å²) in [6.07, 6.45) is 16.9. The Hall–Kier alpha value is -7.78. The number of hydrogen-bond acceptors (Lipinski definition) is 13. The Balaban J connectivity index is 0.000000593. The molecule has 3 heterocycles. The Morgan fingerprint density at radius 1 is 0.456 bits per heavy atom. The minimum atomic E-state index is -0.337. The van der Waals surface area contributed by atoms with Crippen LogP contribution in [0, 0.1) is 11.8 Å². The molecule has 444 valence electrons. The van der Waals surface area contributed by atoms with Crippen LogP contribution in [0.2, 0.25) is 0 Å². The molecule has 0 aliphatic heterocycles. The third-order valence-corrected chi connectivity index (χ3v) is 11.3. The minimum absolute atomic E-state index is 0.0613. The van der Waals surface area contributed by atoms with Crippen molar-refractivity contribution in [3.8, 4) is 0 Å². The van der Waals surface area contributed by atoms with Crippen molar-refractivity contribution in [3.05, 3.63) is 53.1 Å². The van der Waals surface area contributed by atoms with Crippen LogP contribution in [-0.4, -0.2) is 155 Å². The van der Waals surface area contributed by atoms with Crippen LogP contribution in [0.5, 0.6) is 0 Å². The molecule has 21 N–H and O–H groups in total. The first kappa shape index (κ1) is 69.2. The molecule has 3 rings (SSSR count). The first-order chi connectivity index (χ1) is 37.7. The fraction of sp³-hybridized carbons (Fsp3) is 0.647. The smallest absolute Gasteiger partial charge is 0.287 e. The number of aromatic nitrogens is 6. The van der Waals surface area contributed by atoms with E-state index in [2.05, 4.69) is 104 Å². The normalized spacial score (nSPS) is 10.9. The summed E-state index contributed by atoms with van der Waals surface area (Å²) in [7, 11) is 0. The van der Waals surface area contributed by atoms with Gasteiger partial charge < -0.3 is 86.0 Å². The number of amides is 6. The molecule has 0 spiro atoms. The SMILES string of the molecule is CC(C)CCCCCNC(=O)c1ncc(C(=O)NCCCCN=C(N)N)[nH]1.CC(C)OCCCCNC(=O)c1ncc(C(=O)NCCCCN=C(N)N)[nH]1.CCC(C)CCNC(=O)c1ncc(C(=O)NCCCCN=C(N)N)[nH]1. The van der Waals surface area contributed by atoms with Crippen molar-refractivity contribution in [2.45, 2.75) is 138 Å². The third kappa shape index (κ3) is 35.3. The average molecular weight is 1110 g/mol. The molecule has 0 aromatic carbocycles. The summed E-state index contributed by atoms with van der Waals surface area (Å²) in [6, 6.07) is 0. The molecule has 0 saturated heterocycles. The Kier molecular flexibility index (Phi) is 37.0. The number of aromatic amines is 3. The minimum Gasteiger partial charge on any atom is -0.379 e. The Labute approximate surface area is 464 Å². The van der Waals surface area contributed by atoms with Gasteiger partial charge in [-0.05, 0) is 89.9 Å². The average Bonchev–Trinajstić information content (AvgIpc) is 4.23. The van der Waals surface area contributed by atoms with Crippen molar-refractivity contribution >= 4 is 53.3 Å². The maximum atomic E-state index is 12.0. The lowest BCUT2D eigenvalue weighted by molar-refractivity contribution is 0.0754. The molecule has 28 heteroatoms. The monoisotopic (exact) mass is 1110 g/mol. The standard InChI is InChI=1S/C18H33N7O2.C17H31N7O3.C16H29N7O2/c1-13(2)8-4-3-5-9-22-17(27)15-24-12-14(25-15)16(26)21-10-6-7-11-23-18(19)20;1-12(2)27-10-6-5-8-21-16(26)14-23-11-13(24-14)15(25)20-7-3-4-9-22-17(18)19;1-3-11(2)6-9-20-15(25)13-22-10-12(23-13)14(24)19-7-4-5-8-21-16(17)18/h12-13H,3-11H2,1-2H3,(H,21,26)(H,22,27)(H,24,25)(H4,19,20,23);11-12H,3-10H2,1-2H3,(H,20,25)(H,21,26)(H,23,24)(H4,18,19,22);10-11H,3-9H2,1-2H3,(H,19,24)(H,20,25)(H,22,23)(H4,17,18,21). The van der Waals surface area contributed by atoms with Crippen LogP contribution in [0.15, 0.2) is 33.6 Å². The van der Waals surface area contributed by atoms with Gasteiger partial charge in [-0.1, -0.05) is 53.4 Å². The lowest BCUT2D eigenvalue weighted by Crippen LogP contribution is -2.27. The lowest BCUT2D eigenvalue weighted by atomic mass is 10.1. The number of aliphatic imine (C=N–C) groups is 3. The number of H-pyrrole nitrogens is 3. The zero-order chi connectivity index (χ0) is 58.8. The molecule has 1 atom stereocenters. The van der Waals surface area contributed by atoms with Crippen LogP contribution >= 0.6 is 0 Å². The largest absolute Gasteiger partial charge is 0.379 e. The van der Waals surface area contributed by atoms with E-state index < -0.39 is 0 Å². The van der Waals surface area contributed by atoms with Crippen LogP contribution in [0.3, 0.4) is 0 Å². The van der Waals surface area contributed by atoms with Gasteiger partial charge >= 0.3 is 0 Å². The number of nitrogens with one attached hydrogen (secondary N) is 9. The molecule has 0 saturated carbocycles. The summed E-state index contributed by atoms with van der Waals surface area (Å²) in [5.74, 6) is 0.0322. The number of carbonyl (C=O) groups is 6. The van der Waals surface area contributed by atoms with Crippen molar-refractivity contribution in [3.63, 3.8) is 0 Å². The van der Waals surface area contributed by atoms with Crippen molar-refractivity contribution in [2.75, 3.05) is 65.5 Å². The van der Waals surface area contributed by atoms with Gasteiger partial charge in [-0.25, -0.2) is 15.0 Å². The van der Waals surface area contributed by atoms with Crippen LogP contribution < -0.4 is 66.3 Å². The van der Waals surface area contributed by atoms with Gasteiger partial charge in [-0.15, -0.1) is 0 Å². The molecule has 0 aliphatic carbocycles. The van der Waals surface area contributed by atoms with Crippen LogP contribution in [0.4, 0.5) is 0 Å². The van der Waals surface area contributed by atoms with Gasteiger partial charge in [-0.3, -0.25) is 43.7 Å². The molecule has 1 unspecified atom stereocenters. The zero-order valence-corrected chi connectivity index (χ0v) is 47.4. The van der Waals surface area contributed by atoms with Gasteiger partial charge in [0.05, 0.1) is 24.7 Å². The maximum absolute atomic E-state index is 12.0. The number of rotatable bonds is 37. The highest BCUT2D eigenvalue weighted by Crippen LogP contribution is 2.08. The van der Waals surface area contributed by atoms with Crippen molar-refractivity contribution in [1.82, 2.24) is 61.8 Å². The zero-order valence-electron chi connectivity index (χ0n) is 47.4. The Morgan fingerprint density at radius 3 is 1.11 bits per heavy atom. The predicted octanol–water partition coefficient (Wildman–Crippen LogP) is 1.63. The van der Waals surface area contributed by atoms with Crippen LogP contribution in [0.1, 0.15) is 195 Å². The number of ether oxygens (including phenoxy) is 1. The number of hydrogen-bond donors (Lipinski definition) is 15. The summed E-state index contributed by atoms with van der Waals surface area (Å²) in [6.45, 7) is 18.1. The molecule has 3 aromatic heterocycles. The van der Waals surface area contributed by atoms with Gasteiger partial charge in [0.2, 0.25) is 0 Å². The summed E-state index contributed by atoms with van der Waals surface area (Å²) in [4.78, 5) is 104. The number of imidazole rings is 3. The second kappa shape index (κ2) is 42.3. The number of unbranched alkanes of at least 4 members (excludes halogenated alkanes) is 6. The van der Waals surface area contributed by atoms with E-state index in [1.165, 1.54) is 31.4 Å². The Morgan fingerprint density at radius 2 is 0.785 bits per heavy atom. The molecule has 0 aliphatic rings. The van der Waals surface area contributed by atoms with Crippen LogP contribution in [-0.2, 0) is 4.74 Å². The summed E-state index contributed by atoms with van der Waals surface area (Å²) in [5.41, 5.74) is 32.1. The molecule has 79 heavy (non-hydrogen) atoms. The summed E-state index contributed by atoms with van der Waals surface area (Å²) >= 11 is 0. The van der Waals surface area contributed by atoms with Gasteiger partial charge in [-0.2, -0.15) is 0 Å². The first-order valence-corrected chi connectivity index (χ1v) is 27.4. The van der Waals surface area contributed by atoms with E-state index in [9.17, 15) is 28.8 Å². The molecule has 28 nitrogen and oxygen atoms in total. The fourth-order valence-corrected chi connectivity index (χ4v) is 6.57. The molecular weight excluding hydrogens is 1020 g/mol. The fourth-order valence-electron chi connectivity index (χ4n) is 6.57. The highest BCUT2D eigenvalue weighted by molar-refractivity contribution is 5.97. The predicted molar refractivity (Wildman–Crippen MR) is 307 cm³/mol. The molecule has 6 amide bonds. The third-order valence-electron chi connectivity index (χ3n) is 11.3.